The first-order valence-corrected chi connectivity index (χ1v) is 5.55. The van der Waals surface area contributed by atoms with E-state index in [4.69, 9.17) is 14.6 Å². The maximum absolute atomic E-state index is 8.89. The van der Waals surface area contributed by atoms with Gasteiger partial charge in [0.25, 0.3) is 0 Å². The molecule has 1 aliphatic rings. The van der Waals surface area contributed by atoms with E-state index in [-0.39, 0.29) is 0 Å². The summed E-state index contributed by atoms with van der Waals surface area (Å²) in [6, 6.07) is 16.4. The van der Waals surface area contributed by atoms with Gasteiger partial charge in [0.05, 0.1) is 6.92 Å². The van der Waals surface area contributed by atoms with E-state index in [0.717, 1.165) is 17.9 Å². The van der Waals surface area contributed by atoms with Gasteiger partial charge < -0.3 is 9.84 Å². The molecule has 0 amide bonds. The molecule has 0 fully saturated rings. The molecule has 18 heavy (non-hydrogen) atoms. The normalized spacial score (nSPS) is 11.2. The van der Waals surface area contributed by atoms with Crippen LogP contribution in [0.1, 0.15) is 11.1 Å². The Hall–Kier alpha value is -2.29. The maximum atomic E-state index is 8.89. The first-order chi connectivity index (χ1) is 8.66. The molecular weight excluding hydrogens is 228 g/mol. The molecule has 91 valence electrons. The lowest BCUT2D eigenvalue weighted by atomic mass is 10.0. The second kappa shape index (κ2) is 5.36. The third-order valence-electron chi connectivity index (χ3n) is 2.55. The Morgan fingerprint density at radius 3 is 1.83 bits per heavy atom. The third-order valence-corrected chi connectivity index (χ3v) is 2.55. The topological polar surface area (TPSA) is 46.5 Å². The molecular formula is C15H13O3. The molecule has 0 bridgehead atoms. The predicted molar refractivity (Wildman–Crippen MR) is 68.8 cm³/mol. The lowest BCUT2D eigenvalue weighted by Gasteiger charge is -2.19. The minimum absolute atomic E-state index is 0.979. The van der Waals surface area contributed by atoms with E-state index in [2.05, 4.69) is 31.2 Å². The molecule has 0 aliphatic carbocycles. The number of ether oxygens (including phenoxy) is 1. The van der Waals surface area contributed by atoms with Gasteiger partial charge in [0.15, 0.2) is 0 Å². The van der Waals surface area contributed by atoms with Gasteiger partial charge in [0.2, 0.25) is 0 Å². The summed E-state index contributed by atoms with van der Waals surface area (Å²) in [5.74, 6) is 0.900. The van der Waals surface area contributed by atoms with Crippen molar-refractivity contribution in [3.63, 3.8) is 0 Å². The van der Waals surface area contributed by atoms with E-state index in [0.29, 0.717) is 0 Å². The average Bonchev–Trinajstić information content (AvgIpc) is 2.35. The predicted octanol–water partition coefficient (Wildman–Crippen LogP) is 3.29. The van der Waals surface area contributed by atoms with E-state index in [9.17, 15) is 0 Å². The van der Waals surface area contributed by atoms with E-state index in [1.54, 1.807) is 0 Å². The van der Waals surface area contributed by atoms with Gasteiger partial charge in [-0.05, 0) is 23.3 Å². The van der Waals surface area contributed by atoms with Gasteiger partial charge in [-0.1, -0.05) is 36.4 Å². The Labute approximate surface area is 106 Å². The third kappa shape index (κ3) is 2.88. The van der Waals surface area contributed by atoms with Crippen LogP contribution in [0.15, 0.2) is 48.5 Å². The van der Waals surface area contributed by atoms with Crippen LogP contribution in [-0.4, -0.2) is 11.1 Å². The Kier molecular flexibility index (Phi) is 3.63. The summed E-state index contributed by atoms with van der Waals surface area (Å²) in [6.45, 7) is 2.56. The summed E-state index contributed by atoms with van der Waals surface area (Å²) in [7, 11) is 0. The zero-order valence-electron chi connectivity index (χ0n) is 9.80. The lowest BCUT2D eigenvalue weighted by molar-refractivity contribution is -0.131. The standard InChI is InChI=1S/C13H10O.C2H3O2/c1-3-7-12-10(5-1)9-11-6-2-4-8-13(11)14-12;1-2(3)4/h1-8H,9H2;1H2,(H,3,4). The fourth-order valence-electron chi connectivity index (χ4n) is 1.82. The van der Waals surface area contributed by atoms with E-state index < -0.39 is 5.97 Å². The molecule has 1 aliphatic heterocycles. The van der Waals surface area contributed by atoms with E-state index in [1.807, 2.05) is 24.3 Å². The van der Waals surface area contributed by atoms with Crippen molar-refractivity contribution in [3.05, 3.63) is 66.6 Å². The van der Waals surface area contributed by atoms with Crippen LogP contribution in [0.25, 0.3) is 0 Å². The van der Waals surface area contributed by atoms with Crippen molar-refractivity contribution in [1.29, 1.82) is 0 Å². The molecule has 1 N–H and O–H groups in total. The van der Waals surface area contributed by atoms with Gasteiger partial charge in [-0.2, -0.15) is 0 Å². The number of hydrogen-bond acceptors (Lipinski definition) is 2. The van der Waals surface area contributed by atoms with Crippen molar-refractivity contribution >= 4 is 5.97 Å². The van der Waals surface area contributed by atoms with Crippen molar-refractivity contribution < 1.29 is 14.6 Å². The largest absolute Gasteiger partial charge is 0.481 e. The van der Waals surface area contributed by atoms with Gasteiger partial charge in [-0.3, -0.25) is 4.79 Å². The average molecular weight is 241 g/mol. The smallest absolute Gasteiger partial charge is 0.303 e. The van der Waals surface area contributed by atoms with Gasteiger partial charge in [-0.15, -0.1) is 0 Å². The van der Waals surface area contributed by atoms with Gasteiger partial charge in [0.1, 0.15) is 11.5 Å². The zero-order valence-corrected chi connectivity index (χ0v) is 9.80. The molecule has 3 rings (SSSR count). The van der Waals surface area contributed by atoms with Crippen LogP contribution in [0.3, 0.4) is 0 Å². The highest BCUT2D eigenvalue weighted by Gasteiger charge is 2.14. The number of para-hydroxylation sites is 2. The highest BCUT2D eigenvalue weighted by molar-refractivity contribution is 5.71. The molecule has 0 aromatic heterocycles. The van der Waals surface area contributed by atoms with Crippen molar-refractivity contribution in [3.8, 4) is 11.5 Å². The molecule has 1 radical (unpaired) electrons. The summed E-state index contributed by atoms with van der Waals surface area (Å²) in [5.41, 5.74) is 2.54. The fraction of sp³-hybridized carbons (Fsp3) is 0.0667. The van der Waals surface area contributed by atoms with Gasteiger partial charge >= 0.3 is 5.97 Å². The minimum Gasteiger partial charge on any atom is -0.481 e. The van der Waals surface area contributed by atoms with Crippen molar-refractivity contribution in [2.75, 3.05) is 0 Å². The van der Waals surface area contributed by atoms with Crippen LogP contribution < -0.4 is 4.74 Å². The first kappa shape index (κ1) is 12.2. The summed E-state index contributed by atoms with van der Waals surface area (Å²) >= 11 is 0. The number of carboxylic acids is 1. The summed E-state index contributed by atoms with van der Waals surface area (Å²) in [4.78, 5) is 8.89. The number of carbonyl (C=O) groups is 1. The van der Waals surface area contributed by atoms with Crippen LogP contribution in [0.4, 0.5) is 0 Å². The van der Waals surface area contributed by atoms with Crippen LogP contribution in [-0.2, 0) is 11.2 Å². The zero-order chi connectivity index (χ0) is 13.0. The maximum Gasteiger partial charge on any atom is 0.303 e. The molecule has 3 heteroatoms. The molecule has 0 saturated carbocycles. The Morgan fingerprint density at radius 2 is 1.39 bits per heavy atom. The number of rotatable bonds is 0. The number of fused-ring (bicyclic) bond motifs is 2. The summed E-state index contributed by atoms with van der Waals surface area (Å²) in [6.07, 6.45) is 0.979. The van der Waals surface area contributed by atoms with Crippen molar-refractivity contribution in [2.45, 2.75) is 6.42 Å². The Morgan fingerprint density at radius 1 is 1.00 bits per heavy atom. The number of benzene rings is 2. The first-order valence-electron chi connectivity index (χ1n) is 5.55. The number of hydrogen-bond donors (Lipinski definition) is 1. The highest BCUT2D eigenvalue weighted by atomic mass is 16.5. The fourth-order valence-corrected chi connectivity index (χ4v) is 1.82. The van der Waals surface area contributed by atoms with Crippen LogP contribution >= 0.6 is 0 Å². The molecule has 2 aromatic rings. The Bertz CT molecular complexity index is 470. The van der Waals surface area contributed by atoms with E-state index >= 15 is 0 Å². The molecule has 0 atom stereocenters. The van der Waals surface area contributed by atoms with Crippen LogP contribution in [0.5, 0.6) is 11.5 Å². The number of carboxylic acid groups (broad SMARTS) is 1. The van der Waals surface area contributed by atoms with Gasteiger partial charge in [-0.25, -0.2) is 0 Å². The molecule has 3 nitrogen and oxygen atoms in total. The second-order valence-electron chi connectivity index (χ2n) is 3.89. The van der Waals surface area contributed by atoms with Crippen LogP contribution in [0.2, 0.25) is 0 Å². The summed E-state index contributed by atoms with van der Waals surface area (Å²) < 4.78 is 5.78. The van der Waals surface area contributed by atoms with Gasteiger partial charge in [0, 0.05) is 6.42 Å². The second-order valence-corrected chi connectivity index (χ2v) is 3.89. The lowest BCUT2D eigenvalue weighted by Crippen LogP contribution is -2.01. The summed E-state index contributed by atoms with van der Waals surface area (Å²) in [5, 5.41) is 7.31. The minimum atomic E-state index is -1.08. The van der Waals surface area contributed by atoms with E-state index in [1.165, 1.54) is 11.1 Å². The molecule has 2 aromatic carbocycles. The SMILES string of the molecule is [CH2]C(=O)O.c1ccc2c(c1)Cc1ccccc1O2. The van der Waals surface area contributed by atoms with Crippen LogP contribution in [0, 0.1) is 6.92 Å². The number of aliphatic carboxylic acids is 1. The molecule has 0 spiro atoms. The molecule has 0 unspecified atom stereocenters. The quantitative estimate of drug-likeness (QED) is 0.657. The highest BCUT2D eigenvalue weighted by Crippen LogP contribution is 2.35. The van der Waals surface area contributed by atoms with Crippen molar-refractivity contribution in [2.24, 2.45) is 0 Å². The molecule has 1 heterocycles. The Balaban J connectivity index is 0.000000267. The molecule has 0 saturated heterocycles. The van der Waals surface area contributed by atoms with Crippen molar-refractivity contribution in [1.82, 2.24) is 0 Å². The monoisotopic (exact) mass is 241 g/mol.